The van der Waals surface area contributed by atoms with Crippen LogP contribution in [0.15, 0.2) is 0 Å². The van der Waals surface area contributed by atoms with Crippen molar-refractivity contribution in [3.05, 3.63) is 0 Å². The fourth-order valence-electron chi connectivity index (χ4n) is 3.67. The maximum Gasteiger partial charge on any atom is 0.0149 e. The van der Waals surface area contributed by atoms with Crippen molar-refractivity contribution in [1.29, 1.82) is 0 Å². The van der Waals surface area contributed by atoms with E-state index in [0.29, 0.717) is 10.8 Å². The summed E-state index contributed by atoms with van der Waals surface area (Å²) in [5.41, 5.74) is 1.13. The molecule has 1 nitrogen and oxygen atoms in total. The third-order valence-electron chi connectivity index (χ3n) is 5.06. The first-order chi connectivity index (χ1) is 6.85. The molecule has 3 heterocycles. The van der Waals surface area contributed by atoms with Crippen molar-refractivity contribution in [2.45, 2.75) is 59.9 Å². The Morgan fingerprint density at radius 1 is 1.13 bits per heavy atom. The third kappa shape index (κ3) is 1.84. The molecule has 0 saturated carbocycles. The van der Waals surface area contributed by atoms with Crippen molar-refractivity contribution in [1.82, 2.24) is 4.90 Å². The van der Waals surface area contributed by atoms with E-state index in [0.717, 1.165) is 12.0 Å². The van der Waals surface area contributed by atoms with Gasteiger partial charge in [-0.05, 0) is 49.1 Å². The predicted molar refractivity (Wildman–Crippen MR) is 65.9 cm³/mol. The van der Waals surface area contributed by atoms with E-state index in [1.54, 1.807) is 0 Å². The smallest absolute Gasteiger partial charge is 0.0149 e. The van der Waals surface area contributed by atoms with Gasteiger partial charge in [-0.25, -0.2) is 0 Å². The van der Waals surface area contributed by atoms with Crippen LogP contribution in [0.4, 0.5) is 0 Å². The van der Waals surface area contributed by atoms with Gasteiger partial charge in [-0.15, -0.1) is 0 Å². The van der Waals surface area contributed by atoms with Gasteiger partial charge in [0.1, 0.15) is 0 Å². The molecule has 3 fully saturated rings. The summed E-state index contributed by atoms with van der Waals surface area (Å²) in [6, 6.07) is 0.822. The Balaban J connectivity index is 2.20. The van der Waals surface area contributed by atoms with E-state index in [4.69, 9.17) is 0 Å². The molecule has 3 rings (SSSR count). The summed E-state index contributed by atoms with van der Waals surface area (Å²) >= 11 is 0. The Hall–Kier alpha value is -0.0400. The Bertz CT molecular complexity index is 228. The molecule has 1 unspecified atom stereocenters. The van der Waals surface area contributed by atoms with E-state index in [9.17, 15) is 0 Å². The first-order valence-corrected chi connectivity index (χ1v) is 6.59. The molecule has 0 aromatic rings. The maximum atomic E-state index is 2.74. The lowest BCUT2D eigenvalue weighted by Gasteiger charge is -2.58. The summed E-state index contributed by atoms with van der Waals surface area (Å²) < 4.78 is 0. The van der Waals surface area contributed by atoms with Gasteiger partial charge in [0.25, 0.3) is 0 Å². The summed E-state index contributed by atoms with van der Waals surface area (Å²) in [7, 11) is 0. The van der Waals surface area contributed by atoms with E-state index < -0.39 is 0 Å². The normalized spacial score (nSPS) is 41.2. The van der Waals surface area contributed by atoms with Crippen molar-refractivity contribution in [2.24, 2.45) is 16.7 Å². The van der Waals surface area contributed by atoms with E-state index in [1.807, 2.05) is 0 Å². The zero-order chi connectivity index (χ0) is 11.3. The topological polar surface area (TPSA) is 3.24 Å². The second kappa shape index (κ2) is 3.48. The minimum atomic E-state index is 0.459. The highest BCUT2D eigenvalue weighted by Crippen LogP contribution is 2.51. The molecule has 2 bridgehead atoms. The molecular weight excluding hydrogens is 182 g/mol. The van der Waals surface area contributed by atoms with Crippen LogP contribution in [0.3, 0.4) is 0 Å². The highest BCUT2D eigenvalue weighted by Gasteiger charge is 2.49. The minimum Gasteiger partial charge on any atom is -0.300 e. The number of rotatable bonds is 1. The second-order valence-electron chi connectivity index (χ2n) is 7.14. The highest BCUT2D eigenvalue weighted by atomic mass is 15.2. The van der Waals surface area contributed by atoms with Crippen LogP contribution in [0.1, 0.15) is 53.9 Å². The van der Waals surface area contributed by atoms with Gasteiger partial charge in [0.15, 0.2) is 0 Å². The van der Waals surface area contributed by atoms with Crippen LogP contribution in [0.25, 0.3) is 0 Å². The first-order valence-electron chi connectivity index (χ1n) is 6.59. The van der Waals surface area contributed by atoms with Gasteiger partial charge < -0.3 is 0 Å². The Labute approximate surface area is 95.2 Å². The molecule has 0 amide bonds. The third-order valence-corrected chi connectivity index (χ3v) is 5.06. The van der Waals surface area contributed by atoms with E-state index >= 15 is 0 Å². The van der Waals surface area contributed by atoms with Crippen LogP contribution in [0, 0.1) is 16.7 Å². The van der Waals surface area contributed by atoms with Gasteiger partial charge in [-0.2, -0.15) is 0 Å². The van der Waals surface area contributed by atoms with Crippen LogP contribution in [-0.4, -0.2) is 24.0 Å². The van der Waals surface area contributed by atoms with Crippen LogP contribution in [0.2, 0.25) is 0 Å². The molecule has 3 aliphatic heterocycles. The van der Waals surface area contributed by atoms with Crippen molar-refractivity contribution >= 4 is 0 Å². The average Bonchev–Trinajstić information content (AvgIpc) is 2.18. The maximum absolute atomic E-state index is 2.74. The number of nitrogens with zero attached hydrogens (tertiary/aromatic N) is 1. The fourth-order valence-corrected chi connectivity index (χ4v) is 3.67. The quantitative estimate of drug-likeness (QED) is 0.638. The molecule has 0 radical (unpaired) electrons. The molecule has 15 heavy (non-hydrogen) atoms. The van der Waals surface area contributed by atoms with Crippen molar-refractivity contribution in [3.8, 4) is 0 Å². The number of hydrogen-bond donors (Lipinski definition) is 0. The van der Waals surface area contributed by atoms with Crippen LogP contribution >= 0.6 is 0 Å². The van der Waals surface area contributed by atoms with Crippen molar-refractivity contribution < 1.29 is 0 Å². The summed E-state index contributed by atoms with van der Waals surface area (Å²) in [5, 5.41) is 0. The molecule has 0 aromatic heterocycles. The second-order valence-corrected chi connectivity index (χ2v) is 7.14. The lowest BCUT2D eigenvalue weighted by Crippen LogP contribution is -2.59. The summed E-state index contributed by atoms with van der Waals surface area (Å²) in [6.07, 6.45) is 4.32. The van der Waals surface area contributed by atoms with Gasteiger partial charge in [-0.1, -0.05) is 34.6 Å². The van der Waals surface area contributed by atoms with E-state index in [1.165, 1.54) is 32.4 Å². The van der Waals surface area contributed by atoms with Crippen molar-refractivity contribution in [2.75, 3.05) is 13.1 Å². The van der Waals surface area contributed by atoms with Crippen LogP contribution < -0.4 is 0 Å². The van der Waals surface area contributed by atoms with Crippen LogP contribution in [0.5, 0.6) is 0 Å². The van der Waals surface area contributed by atoms with Gasteiger partial charge in [0.2, 0.25) is 0 Å². The van der Waals surface area contributed by atoms with Gasteiger partial charge in [0, 0.05) is 6.04 Å². The zero-order valence-corrected chi connectivity index (χ0v) is 11.1. The molecule has 0 aliphatic carbocycles. The molecule has 1 heteroatoms. The molecule has 3 saturated heterocycles. The Morgan fingerprint density at radius 2 is 1.67 bits per heavy atom. The molecule has 0 N–H and O–H groups in total. The molecular formula is C14H27N. The fraction of sp³-hybridized carbons (Fsp3) is 1.00. The molecule has 1 atom stereocenters. The van der Waals surface area contributed by atoms with Crippen LogP contribution in [-0.2, 0) is 0 Å². The Morgan fingerprint density at radius 3 is 2.07 bits per heavy atom. The van der Waals surface area contributed by atoms with Gasteiger partial charge >= 0.3 is 0 Å². The lowest BCUT2D eigenvalue weighted by atomic mass is 9.59. The Kier molecular flexibility index (Phi) is 2.65. The average molecular weight is 209 g/mol. The summed E-state index contributed by atoms with van der Waals surface area (Å²) in [4.78, 5) is 2.74. The molecule has 3 aliphatic rings. The van der Waals surface area contributed by atoms with E-state index in [2.05, 4.69) is 39.5 Å². The SMILES string of the molecule is CC(C)C12CCN(CC1)C(C(C)(C)C)C2. The number of hydrogen-bond acceptors (Lipinski definition) is 1. The highest BCUT2D eigenvalue weighted by molar-refractivity contribution is 5.01. The monoisotopic (exact) mass is 209 g/mol. The zero-order valence-electron chi connectivity index (χ0n) is 11.1. The first kappa shape index (κ1) is 11.4. The summed E-state index contributed by atoms with van der Waals surface area (Å²) in [6.45, 7) is 14.8. The molecule has 0 spiro atoms. The largest absolute Gasteiger partial charge is 0.300 e. The predicted octanol–water partition coefficient (Wildman–Crippen LogP) is 3.54. The summed E-state index contributed by atoms with van der Waals surface area (Å²) in [5.74, 6) is 0.866. The number of piperidine rings is 3. The number of fused-ring (bicyclic) bond motifs is 3. The van der Waals surface area contributed by atoms with Gasteiger partial charge in [-0.3, -0.25) is 4.90 Å². The van der Waals surface area contributed by atoms with Gasteiger partial charge in [0.05, 0.1) is 0 Å². The lowest BCUT2D eigenvalue weighted by molar-refractivity contribution is -0.0825. The van der Waals surface area contributed by atoms with Crippen molar-refractivity contribution in [3.63, 3.8) is 0 Å². The molecule has 0 aromatic carbocycles. The molecule has 88 valence electrons. The standard InChI is InChI=1S/C14H27N/c1-11(2)14-6-8-15(9-7-14)12(10-14)13(3,4)5/h11-12H,6-10H2,1-5H3. The van der Waals surface area contributed by atoms with E-state index in [-0.39, 0.29) is 0 Å². The minimum absolute atomic E-state index is 0.459.